The zero-order valence-electron chi connectivity index (χ0n) is 18.8. The third kappa shape index (κ3) is 5.90. The molecule has 0 bridgehead atoms. The van der Waals surface area contributed by atoms with Crippen LogP contribution < -0.4 is 16.0 Å². The minimum Gasteiger partial charge on any atom is -0.383 e. The molecule has 0 radical (unpaired) electrons. The van der Waals surface area contributed by atoms with Crippen molar-refractivity contribution in [3.8, 4) is 17.6 Å². The molecular weight excluding hydrogens is 404 g/mol. The van der Waals surface area contributed by atoms with Crippen molar-refractivity contribution in [2.24, 2.45) is 5.41 Å². The quantitative estimate of drug-likeness (QED) is 0.516. The molecule has 2 aromatic heterocycles. The Morgan fingerprint density at radius 2 is 1.94 bits per heavy atom. The van der Waals surface area contributed by atoms with Crippen LogP contribution in [0, 0.1) is 16.7 Å². The van der Waals surface area contributed by atoms with Gasteiger partial charge in [-0.15, -0.1) is 0 Å². The number of hydrogen-bond donors (Lipinski definition) is 3. The topological polar surface area (TPSA) is 121 Å². The maximum atomic E-state index is 9.25. The van der Waals surface area contributed by atoms with Crippen LogP contribution in [0.25, 0.3) is 11.5 Å². The van der Waals surface area contributed by atoms with Gasteiger partial charge in [0.2, 0.25) is 0 Å². The largest absolute Gasteiger partial charge is 0.383 e. The zero-order valence-corrected chi connectivity index (χ0v) is 18.8. The van der Waals surface area contributed by atoms with Gasteiger partial charge in [0.1, 0.15) is 23.7 Å². The van der Waals surface area contributed by atoms with Crippen LogP contribution in [0.4, 0.5) is 11.6 Å². The molecule has 2 aliphatic carbocycles. The van der Waals surface area contributed by atoms with Crippen LogP contribution in [0.15, 0.2) is 24.7 Å². The highest BCUT2D eigenvalue weighted by Crippen LogP contribution is 2.44. The molecule has 0 aromatic carbocycles. The standard InChI is InChI=1S/C23H32N8O/c1-16(12-32-2)29-17-3-5-18(6-4-17)30-21-11-19(27-15-28-21)22-25-10-7-20(31-22)26-14-23(13-24)8-9-23/h7,10-11,15-18,29H,3-6,8-9,12,14H2,1-2H3,(H,25,26,31)(H,27,28,30)/t16-,17?,18?/m0/s1. The van der Waals surface area contributed by atoms with E-state index in [-0.39, 0.29) is 5.41 Å². The number of nitriles is 1. The van der Waals surface area contributed by atoms with E-state index in [0.717, 1.165) is 50.9 Å². The Morgan fingerprint density at radius 3 is 2.66 bits per heavy atom. The average Bonchev–Trinajstić information content (AvgIpc) is 3.60. The lowest BCUT2D eigenvalue weighted by molar-refractivity contribution is 0.161. The minimum absolute atomic E-state index is 0.229. The van der Waals surface area contributed by atoms with E-state index >= 15 is 0 Å². The molecule has 2 fully saturated rings. The van der Waals surface area contributed by atoms with Gasteiger partial charge in [0.15, 0.2) is 5.82 Å². The van der Waals surface area contributed by atoms with E-state index in [9.17, 15) is 5.26 Å². The molecule has 9 nitrogen and oxygen atoms in total. The highest BCUT2D eigenvalue weighted by molar-refractivity contribution is 5.56. The van der Waals surface area contributed by atoms with Crippen molar-refractivity contribution in [3.05, 3.63) is 24.7 Å². The summed E-state index contributed by atoms with van der Waals surface area (Å²) in [6, 6.07) is 7.42. The van der Waals surface area contributed by atoms with Crippen molar-refractivity contribution in [2.75, 3.05) is 30.9 Å². The van der Waals surface area contributed by atoms with Gasteiger partial charge in [-0.05, 0) is 51.5 Å². The summed E-state index contributed by atoms with van der Waals surface area (Å²) >= 11 is 0. The molecule has 9 heteroatoms. The smallest absolute Gasteiger partial charge is 0.180 e. The lowest BCUT2D eigenvalue weighted by Gasteiger charge is -2.31. The highest BCUT2D eigenvalue weighted by atomic mass is 16.5. The van der Waals surface area contributed by atoms with Crippen molar-refractivity contribution in [2.45, 2.75) is 63.6 Å². The highest BCUT2D eigenvalue weighted by Gasteiger charge is 2.42. The first-order chi connectivity index (χ1) is 15.6. The summed E-state index contributed by atoms with van der Waals surface area (Å²) in [5.41, 5.74) is 0.448. The van der Waals surface area contributed by atoms with Crippen molar-refractivity contribution < 1.29 is 4.74 Å². The number of ether oxygens (including phenoxy) is 1. The van der Waals surface area contributed by atoms with Gasteiger partial charge in [-0.1, -0.05) is 0 Å². The molecule has 0 saturated heterocycles. The maximum Gasteiger partial charge on any atom is 0.180 e. The number of methoxy groups -OCH3 is 1. The van der Waals surface area contributed by atoms with Crippen LogP contribution in [-0.2, 0) is 4.74 Å². The molecule has 2 aromatic rings. The molecule has 2 saturated carbocycles. The van der Waals surface area contributed by atoms with Gasteiger partial charge in [0.05, 0.1) is 18.1 Å². The monoisotopic (exact) mass is 436 g/mol. The van der Waals surface area contributed by atoms with Crippen molar-refractivity contribution >= 4 is 11.6 Å². The minimum atomic E-state index is -0.229. The first-order valence-electron chi connectivity index (χ1n) is 11.4. The van der Waals surface area contributed by atoms with Crippen LogP contribution in [-0.4, -0.2) is 58.3 Å². The number of nitrogens with one attached hydrogen (secondary N) is 3. The van der Waals surface area contributed by atoms with Gasteiger partial charge >= 0.3 is 0 Å². The van der Waals surface area contributed by atoms with Gasteiger partial charge < -0.3 is 20.7 Å². The van der Waals surface area contributed by atoms with E-state index in [0.29, 0.717) is 42.0 Å². The van der Waals surface area contributed by atoms with Gasteiger partial charge in [-0.3, -0.25) is 0 Å². The van der Waals surface area contributed by atoms with Crippen molar-refractivity contribution in [3.63, 3.8) is 0 Å². The molecule has 2 heterocycles. The van der Waals surface area contributed by atoms with Crippen LogP contribution >= 0.6 is 0 Å². The Kier molecular flexibility index (Phi) is 7.12. The Hall–Kier alpha value is -2.83. The van der Waals surface area contributed by atoms with E-state index in [1.54, 1.807) is 19.6 Å². The van der Waals surface area contributed by atoms with E-state index in [1.165, 1.54) is 0 Å². The van der Waals surface area contributed by atoms with Crippen LogP contribution in [0.3, 0.4) is 0 Å². The number of rotatable bonds is 10. The van der Waals surface area contributed by atoms with Gasteiger partial charge in [0, 0.05) is 44.0 Å². The first-order valence-corrected chi connectivity index (χ1v) is 11.4. The van der Waals surface area contributed by atoms with Crippen LogP contribution in [0.1, 0.15) is 45.4 Å². The molecule has 170 valence electrons. The second kappa shape index (κ2) is 10.2. The second-order valence-corrected chi connectivity index (χ2v) is 9.02. The van der Waals surface area contributed by atoms with Crippen LogP contribution in [0.2, 0.25) is 0 Å². The number of aromatic nitrogens is 4. The Balaban J connectivity index is 1.32. The molecule has 2 aliphatic rings. The molecule has 0 unspecified atom stereocenters. The van der Waals surface area contributed by atoms with Crippen molar-refractivity contribution in [1.82, 2.24) is 25.3 Å². The van der Waals surface area contributed by atoms with Gasteiger partial charge in [-0.25, -0.2) is 19.9 Å². The fraction of sp³-hybridized carbons (Fsp3) is 0.609. The third-order valence-corrected chi connectivity index (χ3v) is 6.27. The lowest BCUT2D eigenvalue weighted by atomic mass is 9.90. The van der Waals surface area contributed by atoms with Gasteiger partial charge in [0.25, 0.3) is 0 Å². The molecule has 0 amide bonds. The summed E-state index contributed by atoms with van der Waals surface area (Å²) in [4.78, 5) is 17.7. The van der Waals surface area contributed by atoms with E-state index in [2.05, 4.69) is 48.9 Å². The predicted octanol–water partition coefficient (Wildman–Crippen LogP) is 3.00. The average molecular weight is 437 g/mol. The molecule has 0 aliphatic heterocycles. The summed E-state index contributed by atoms with van der Waals surface area (Å²) in [6.07, 6.45) is 9.59. The Labute approximate surface area is 189 Å². The predicted molar refractivity (Wildman–Crippen MR) is 123 cm³/mol. The molecule has 1 atom stereocenters. The maximum absolute atomic E-state index is 9.25. The van der Waals surface area contributed by atoms with E-state index < -0.39 is 0 Å². The number of nitrogens with zero attached hydrogens (tertiary/aromatic N) is 5. The molecule has 0 spiro atoms. The fourth-order valence-electron chi connectivity index (χ4n) is 4.19. The fourth-order valence-corrected chi connectivity index (χ4v) is 4.19. The summed E-state index contributed by atoms with van der Waals surface area (Å²) in [7, 11) is 1.74. The van der Waals surface area contributed by atoms with E-state index in [1.807, 2.05) is 12.1 Å². The third-order valence-electron chi connectivity index (χ3n) is 6.27. The molecule has 3 N–H and O–H groups in total. The van der Waals surface area contributed by atoms with E-state index in [4.69, 9.17) is 4.74 Å². The lowest BCUT2D eigenvalue weighted by Crippen LogP contribution is -2.42. The Morgan fingerprint density at radius 1 is 1.16 bits per heavy atom. The van der Waals surface area contributed by atoms with Crippen molar-refractivity contribution in [1.29, 1.82) is 5.26 Å². The normalized spacial score (nSPS) is 22.5. The van der Waals surface area contributed by atoms with Gasteiger partial charge in [-0.2, -0.15) is 5.26 Å². The molecular formula is C23H32N8O. The summed E-state index contributed by atoms with van der Waals surface area (Å²) < 4.78 is 5.22. The van der Waals surface area contributed by atoms with Crippen LogP contribution in [0.5, 0.6) is 0 Å². The summed E-state index contributed by atoms with van der Waals surface area (Å²) in [6.45, 7) is 3.51. The zero-order chi connectivity index (χ0) is 22.4. The number of anilines is 2. The molecule has 32 heavy (non-hydrogen) atoms. The second-order valence-electron chi connectivity index (χ2n) is 9.02. The Bertz CT molecular complexity index is 934. The first kappa shape index (κ1) is 22.4. The summed E-state index contributed by atoms with van der Waals surface area (Å²) in [5, 5.41) is 19.7. The SMILES string of the molecule is COC[C@H](C)NC1CCC(Nc2cc(-c3nccc(NCC4(C#N)CC4)n3)ncn2)CC1. The number of hydrogen-bond acceptors (Lipinski definition) is 9. The summed E-state index contributed by atoms with van der Waals surface area (Å²) in [5.74, 6) is 2.04. The molecule has 4 rings (SSSR count).